The van der Waals surface area contributed by atoms with Gasteiger partial charge in [-0.05, 0) is 18.2 Å². The minimum Gasteiger partial charge on any atom is -0.369 e. The fourth-order valence-corrected chi connectivity index (χ4v) is 1.59. The monoisotopic (exact) mass is 239 g/mol. The summed E-state index contributed by atoms with van der Waals surface area (Å²) in [6, 6.07) is 4.91. The number of hydrogen-bond acceptors (Lipinski definition) is 3. The molecule has 0 spiro atoms. The summed E-state index contributed by atoms with van der Waals surface area (Å²) in [5.74, 6) is -0.707. The van der Waals surface area contributed by atoms with Crippen LogP contribution in [-0.2, 0) is 17.9 Å². The molecule has 0 aliphatic carbocycles. The zero-order chi connectivity index (χ0) is 12.8. The van der Waals surface area contributed by atoms with Crippen molar-refractivity contribution in [3.8, 4) is 0 Å². The van der Waals surface area contributed by atoms with E-state index >= 15 is 0 Å². The molecule has 1 aromatic carbocycles. The van der Waals surface area contributed by atoms with Crippen molar-refractivity contribution in [1.29, 1.82) is 0 Å². The van der Waals surface area contributed by atoms with Gasteiger partial charge in [0, 0.05) is 18.7 Å². The summed E-state index contributed by atoms with van der Waals surface area (Å²) in [6.07, 6.45) is 0. The minimum atomic E-state index is -0.411. The van der Waals surface area contributed by atoms with Gasteiger partial charge < -0.3 is 11.5 Å². The van der Waals surface area contributed by atoms with Crippen molar-refractivity contribution in [2.24, 2.45) is 11.5 Å². The van der Waals surface area contributed by atoms with Crippen molar-refractivity contribution in [1.82, 2.24) is 4.90 Å². The van der Waals surface area contributed by atoms with Gasteiger partial charge in [0.2, 0.25) is 5.91 Å². The quantitative estimate of drug-likeness (QED) is 0.763. The van der Waals surface area contributed by atoms with Crippen LogP contribution in [0.1, 0.15) is 18.1 Å². The lowest BCUT2D eigenvalue weighted by atomic mass is 10.1. The molecule has 17 heavy (non-hydrogen) atoms. The van der Waals surface area contributed by atoms with Crippen LogP contribution < -0.4 is 11.5 Å². The van der Waals surface area contributed by atoms with Crippen LogP contribution in [0, 0.1) is 5.82 Å². The first-order chi connectivity index (χ1) is 8.06. The van der Waals surface area contributed by atoms with E-state index in [1.165, 1.54) is 6.07 Å². The van der Waals surface area contributed by atoms with Gasteiger partial charge in [0.1, 0.15) is 5.82 Å². The first-order valence-corrected chi connectivity index (χ1v) is 5.54. The van der Waals surface area contributed by atoms with Crippen molar-refractivity contribution in [3.63, 3.8) is 0 Å². The van der Waals surface area contributed by atoms with Crippen molar-refractivity contribution in [2.45, 2.75) is 20.0 Å². The van der Waals surface area contributed by atoms with E-state index in [2.05, 4.69) is 0 Å². The van der Waals surface area contributed by atoms with Crippen molar-refractivity contribution >= 4 is 5.91 Å². The van der Waals surface area contributed by atoms with Gasteiger partial charge in [0.15, 0.2) is 0 Å². The Bertz CT molecular complexity index is 395. The van der Waals surface area contributed by atoms with E-state index in [1.54, 1.807) is 17.0 Å². The highest BCUT2D eigenvalue weighted by Crippen LogP contribution is 2.12. The lowest BCUT2D eigenvalue weighted by Crippen LogP contribution is -2.33. The lowest BCUT2D eigenvalue weighted by molar-refractivity contribution is -0.119. The first-order valence-electron chi connectivity index (χ1n) is 5.54. The Morgan fingerprint density at radius 2 is 2.18 bits per heavy atom. The van der Waals surface area contributed by atoms with E-state index < -0.39 is 5.91 Å². The van der Waals surface area contributed by atoms with Crippen LogP contribution in [0.4, 0.5) is 4.39 Å². The molecule has 0 unspecified atom stereocenters. The Labute approximate surface area is 100 Å². The molecule has 0 fully saturated rings. The zero-order valence-corrected chi connectivity index (χ0v) is 9.95. The number of amides is 1. The summed E-state index contributed by atoms with van der Waals surface area (Å²) in [4.78, 5) is 12.6. The van der Waals surface area contributed by atoms with Gasteiger partial charge in [-0.3, -0.25) is 9.69 Å². The second kappa shape index (κ2) is 6.32. The van der Waals surface area contributed by atoms with E-state index in [4.69, 9.17) is 11.5 Å². The van der Waals surface area contributed by atoms with Gasteiger partial charge in [-0.1, -0.05) is 19.1 Å². The fourth-order valence-electron chi connectivity index (χ4n) is 1.59. The number of primary amides is 1. The van der Waals surface area contributed by atoms with Gasteiger partial charge in [-0.15, -0.1) is 0 Å². The molecular weight excluding hydrogens is 221 g/mol. The molecule has 94 valence electrons. The predicted octanol–water partition coefficient (Wildman–Crippen LogP) is 0.592. The maximum atomic E-state index is 13.7. The maximum absolute atomic E-state index is 13.7. The van der Waals surface area contributed by atoms with Crippen molar-refractivity contribution < 1.29 is 9.18 Å². The largest absolute Gasteiger partial charge is 0.369 e. The third-order valence-corrected chi connectivity index (χ3v) is 2.57. The Kier molecular flexibility index (Phi) is 5.06. The Morgan fingerprint density at radius 3 is 2.65 bits per heavy atom. The molecule has 0 atom stereocenters. The molecule has 0 heterocycles. The Hall–Kier alpha value is -1.46. The normalized spacial score (nSPS) is 10.8. The molecular formula is C12H18FN3O. The summed E-state index contributed by atoms with van der Waals surface area (Å²) in [5.41, 5.74) is 11.8. The standard InChI is InChI=1S/C12H18FN3O/c1-2-16(8-12(15)17)7-10-4-3-9(6-14)5-11(10)13/h3-5H,2,6-8,14H2,1H3,(H2,15,17). The van der Waals surface area contributed by atoms with Crippen molar-refractivity contribution in [2.75, 3.05) is 13.1 Å². The molecule has 0 aliphatic heterocycles. The number of likely N-dealkylation sites (N-methyl/N-ethyl adjacent to an activating group) is 1. The number of carbonyl (C=O) groups excluding carboxylic acids is 1. The summed E-state index contributed by atoms with van der Waals surface area (Å²) < 4.78 is 13.7. The van der Waals surface area contributed by atoms with Crippen LogP contribution in [0.2, 0.25) is 0 Å². The first kappa shape index (κ1) is 13.6. The van der Waals surface area contributed by atoms with Gasteiger partial charge in [-0.2, -0.15) is 0 Å². The Morgan fingerprint density at radius 1 is 1.47 bits per heavy atom. The molecule has 1 amide bonds. The molecule has 0 radical (unpaired) electrons. The zero-order valence-electron chi connectivity index (χ0n) is 9.95. The molecule has 4 N–H and O–H groups in total. The van der Waals surface area contributed by atoms with Gasteiger partial charge in [0.05, 0.1) is 6.54 Å². The molecule has 4 nitrogen and oxygen atoms in total. The number of halogens is 1. The van der Waals surface area contributed by atoms with Crippen LogP contribution in [0.25, 0.3) is 0 Å². The van der Waals surface area contributed by atoms with E-state index in [0.717, 1.165) is 5.56 Å². The number of hydrogen-bond donors (Lipinski definition) is 2. The summed E-state index contributed by atoms with van der Waals surface area (Å²) >= 11 is 0. The summed E-state index contributed by atoms with van der Waals surface area (Å²) in [7, 11) is 0. The molecule has 0 bridgehead atoms. The van der Waals surface area contributed by atoms with E-state index in [1.807, 2.05) is 6.92 Å². The number of rotatable bonds is 6. The van der Waals surface area contributed by atoms with Crippen LogP contribution in [0.15, 0.2) is 18.2 Å². The van der Waals surface area contributed by atoms with Crippen molar-refractivity contribution in [3.05, 3.63) is 35.1 Å². The maximum Gasteiger partial charge on any atom is 0.231 e. The van der Waals surface area contributed by atoms with Crippen LogP contribution in [0.5, 0.6) is 0 Å². The number of carbonyl (C=O) groups is 1. The third kappa shape index (κ3) is 4.13. The SMILES string of the molecule is CCN(CC(N)=O)Cc1ccc(CN)cc1F. The highest BCUT2D eigenvalue weighted by molar-refractivity contribution is 5.75. The second-order valence-electron chi connectivity index (χ2n) is 3.90. The topological polar surface area (TPSA) is 72.3 Å². The second-order valence-corrected chi connectivity index (χ2v) is 3.90. The third-order valence-electron chi connectivity index (χ3n) is 2.57. The van der Waals surface area contributed by atoms with Crippen LogP contribution >= 0.6 is 0 Å². The Balaban J connectivity index is 2.75. The summed E-state index contributed by atoms with van der Waals surface area (Å²) in [6.45, 7) is 3.36. The molecule has 0 aliphatic rings. The molecule has 1 aromatic rings. The van der Waals surface area contributed by atoms with E-state index in [9.17, 15) is 9.18 Å². The number of nitrogens with zero attached hydrogens (tertiary/aromatic N) is 1. The fraction of sp³-hybridized carbons (Fsp3) is 0.417. The average molecular weight is 239 g/mol. The van der Waals surface area contributed by atoms with Gasteiger partial charge in [0.25, 0.3) is 0 Å². The molecule has 0 aromatic heterocycles. The highest BCUT2D eigenvalue weighted by Gasteiger charge is 2.10. The smallest absolute Gasteiger partial charge is 0.231 e. The lowest BCUT2D eigenvalue weighted by Gasteiger charge is -2.19. The molecule has 0 saturated heterocycles. The molecule has 0 saturated carbocycles. The van der Waals surface area contributed by atoms with E-state index in [-0.39, 0.29) is 12.4 Å². The number of benzene rings is 1. The van der Waals surface area contributed by atoms with Crippen LogP contribution in [-0.4, -0.2) is 23.9 Å². The predicted molar refractivity (Wildman–Crippen MR) is 64.4 cm³/mol. The van der Waals surface area contributed by atoms with Gasteiger partial charge >= 0.3 is 0 Å². The highest BCUT2D eigenvalue weighted by atomic mass is 19.1. The van der Waals surface area contributed by atoms with E-state index in [0.29, 0.717) is 25.2 Å². The average Bonchev–Trinajstić information content (AvgIpc) is 2.29. The molecule has 5 heteroatoms. The molecule has 1 rings (SSSR count). The van der Waals surface area contributed by atoms with Crippen LogP contribution in [0.3, 0.4) is 0 Å². The number of nitrogens with two attached hydrogens (primary N) is 2. The minimum absolute atomic E-state index is 0.134. The van der Waals surface area contributed by atoms with Gasteiger partial charge in [-0.25, -0.2) is 4.39 Å². The summed E-state index contributed by atoms with van der Waals surface area (Å²) in [5, 5.41) is 0.